The van der Waals surface area contributed by atoms with Crippen LogP contribution < -0.4 is 29.9 Å². The Morgan fingerprint density at radius 2 is 0.957 bits per heavy atom. The molecule has 2 N–H and O–H groups in total. The van der Waals surface area contributed by atoms with Crippen LogP contribution in [0, 0.1) is 0 Å². The maximum absolute atomic E-state index is 5.27. The number of hydrogen-bond donors (Lipinski definition) is 2. The minimum atomic E-state index is 0.669. The van der Waals surface area contributed by atoms with Gasteiger partial charge in [-0.15, -0.1) is 0 Å². The van der Waals surface area contributed by atoms with Crippen molar-refractivity contribution in [1.29, 1.82) is 0 Å². The summed E-state index contributed by atoms with van der Waals surface area (Å²) in [4.78, 5) is 23.0. The van der Waals surface area contributed by atoms with E-state index in [1.54, 1.807) is 26.9 Å². The molecule has 46 heavy (non-hydrogen) atoms. The van der Waals surface area contributed by atoms with Gasteiger partial charge in [-0.2, -0.15) is 0 Å². The summed E-state index contributed by atoms with van der Waals surface area (Å²) in [5.41, 5.74) is 6.51. The van der Waals surface area contributed by atoms with Gasteiger partial charge >= 0.3 is 0 Å². The second kappa shape index (κ2) is 13.2. The molecular formula is C36H36N8O2. The average Bonchev–Trinajstić information content (AvgIpc) is 3.13. The van der Waals surface area contributed by atoms with Gasteiger partial charge in [-0.25, -0.2) is 19.9 Å². The fourth-order valence-electron chi connectivity index (χ4n) is 5.85. The van der Waals surface area contributed by atoms with Crippen LogP contribution in [0.1, 0.15) is 11.1 Å². The molecule has 3 heterocycles. The lowest BCUT2D eigenvalue weighted by Crippen LogP contribution is -2.46. The standard InChI is InChI=1S/C36H36N8O2/c1-45-29-9-3-25(4-10-29)21-37-35-31-13-7-27(19-33(31)39-23-41-35)43-15-17-44(18-16-43)28-8-14-32-34(20-28)40-24-42-36(32)38-22-26-5-11-30(46-2)12-6-26/h3-14,19-20,23-24H,15-18,21-22H2,1-2H3,(H,37,39,41)(H,38,40,42). The van der Waals surface area contributed by atoms with E-state index in [9.17, 15) is 0 Å². The Bertz CT molecular complexity index is 1800. The number of nitrogens with one attached hydrogen (secondary N) is 2. The van der Waals surface area contributed by atoms with Crippen molar-refractivity contribution >= 4 is 44.8 Å². The monoisotopic (exact) mass is 612 g/mol. The molecule has 0 bridgehead atoms. The Hall–Kier alpha value is -5.64. The number of aromatic nitrogens is 4. The summed E-state index contributed by atoms with van der Waals surface area (Å²) in [5.74, 6) is 3.35. The Kier molecular flexibility index (Phi) is 8.32. The van der Waals surface area contributed by atoms with E-state index in [1.165, 1.54) is 11.4 Å². The highest BCUT2D eigenvalue weighted by Crippen LogP contribution is 2.29. The molecule has 2 aromatic heterocycles. The van der Waals surface area contributed by atoms with Crippen molar-refractivity contribution in [2.24, 2.45) is 0 Å². The first kappa shape index (κ1) is 29.1. The Labute approximate surface area is 268 Å². The van der Waals surface area contributed by atoms with E-state index in [4.69, 9.17) is 9.47 Å². The van der Waals surface area contributed by atoms with Crippen LogP contribution in [-0.2, 0) is 13.1 Å². The first-order valence-electron chi connectivity index (χ1n) is 15.4. The summed E-state index contributed by atoms with van der Waals surface area (Å²) in [6, 6.07) is 29.0. The maximum Gasteiger partial charge on any atom is 0.137 e. The third-order valence-corrected chi connectivity index (χ3v) is 8.49. The van der Waals surface area contributed by atoms with Crippen molar-refractivity contribution in [1.82, 2.24) is 19.9 Å². The zero-order valence-electron chi connectivity index (χ0n) is 26.0. The average molecular weight is 613 g/mol. The SMILES string of the molecule is COc1ccc(CNc2ncnc3cc(N4CCN(c5ccc6c(NCc7ccc(OC)cc7)ncnc6c5)CC4)ccc23)cc1. The molecular weight excluding hydrogens is 576 g/mol. The van der Waals surface area contributed by atoms with E-state index in [2.05, 4.69) is 101 Å². The number of rotatable bonds is 10. The molecule has 1 fully saturated rings. The van der Waals surface area contributed by atoms with Gasteiger partial charge in [-0.1, -0.05) is 24.3 Å². The van der Waals surface area contributed by atoms with Gasteiger partial charge in [-0.05, 0) is 71.8 Å². The zero-order valence-corrected chi connectivity index (χ0v) is 26.0. The molecule has 1 saturated heterocycles. The van der Waals surface area contributed by atoms with Crippen LogP contribution in [0.15, 0.2) is 97.6 Å². The lowest BCUT2D eigenvalue weighted by atomic mass is 10.1. The lowest BCUT2D eigenvalue weighted by molar-refractivity contribution is 0.414. The van der Waals surface area contributed by atoms with Crippen LogP contribution in [0.2, 0.25) is 0 Å². The number of anilines is 4. The third-order valence-electron chi connectivity index (χ3n) is 8.49. The topological polar surface area (TPSA) is 101 Å². The number of ether oxygens (including phenoxy) is 2. The number of benzene rings is 4. The number of fused-ring (bicyclic) bond motifs is 2. The van der Waals surface area contributed by atoms with Crippen LogP contribution in [0.3, 0.4) is 0 Å². The van der Waals surface area contributed by atoms with Crippen molar-refractivity contribution in [3.8, 4) is 11.5 Å². The highest BCUT2D eigenvalue weighted by atomic mass is 16.5. The summed E-state index contributed by atoms with van der Waals surface area (Å²) < 4.78 is 10.5. The van der Waals surface area contributed by atoms with Gasteiger partial charge in [0.05, 0.1) is 25.3 Å². The first-order chi connectivity index (χ1) is 22.7. The molecule has 7 rings (SSSR count). The Balaban J connectivity index is 0.987. The van der Waals surface area contributed by atoms with E-state index < -0.39 is 0 Å². The van der Waals surface area contributed by atoms with E-state index in [-0.39, 0.29) is 0 Å². The Morgan fingerprint density at radius 1 is 0.543 bits per heavy atom. The largest absolute Gasteiger partial charge is 0.497 e. The lowest BCUT2D eigenvalue weighted by Gasteiger charge is -2.37. The zero-order chi connectivity index (χ0) is 31.3. The first-order valence-corrected chi connectivity index (χ1v) is 15.4. The van der Waals surface area contributed by atoms with E-state index in [0.717, 1.165) is 82.2 Å². The predicted molar refractivity (Wildman–Crippen MR) is 184 cm³/mol. The molecule has 10 heteroatoms. The molecule has 0 atom stereocenters. The van der Waals surface area contributed by atoms with Crippen LogP contribution in [-0.4, -0.2) is 60.3 Å². The number of piperazine rings is 1. The molecule has 10 nitrogen and oxygen atoms in total. The molecule has 1 aliphatic heterocycles. The van der Waals surface area contributed by atoms with Gasteiger partial charge < -0.3 is 29.9 Å². The highest BCUT2D eigenvalue weighted by molar-refractivity contribution is 5.92. The van der Waals surface area contributed by atoms with Crippen LogP contribution >= 0.6 is 0 Å². The van der Waals surface area contributed by atoms with E-state index in [1.807, 2.05) is 24.3 Å². The second-order valence-electron chi connectivity index (χ2n) is 11.2. The number of hydrogen-bond acceptors (Lipinski definition) is 10. The van der Waals surface area contributed by atoms with Crippen LogP contribution in [0.4, 0.5) is 23.0 Å². The summed E-state index contributed by atoms with van der Waals surface area (Å²) >= 11 is 0. The summed E-state index contributed by atoms with van der Waals surface area (Å²) in [5, 5.41) is 8.96. The normalized spacial score (nSPS) is 13.2. The van der Waals surface area contributed by atoms with Gasteiger partial charge in [0, 0.05) is 61.4 Å². The summed E-state index contributed by atoms with van der Waals surface area (Å²) in [7, 11) is 3.35. The second-order valence-corrected chi connectivity index (χ2v) is 11.2. The molecule has 0 saturated carbocycles. The molecule has 0 aliphatic carbocycles. The molecule has 4 aromatic carbocycles. The molecule has 232 valence electrons. The summed E-state index contributed by atoms with van der Waals surface area (Å²) in [6.07, 6.45) is 3.26. The fourth-order valence-corrected chi connectivity index (χ4v) is 5.85. The number of methoxy groups -OCH3 is 2. The van der Waals surface area contributed by atoms with Gasteiger partial charge in [-0.3, -0.25) is 0 Å². The summed E-state index contributed by atoms with van der Waals surface area (Å²) in [6.45, 7) is 4.99. The fraction of sp³-hybridized carbons (Fsp3) is 0.222. The van der Waals surface area contributed by atoms with Gasteiger partial charge in [0.2, 0.25) is 0 Å². The molecule has 6 aromatic rings. The van der Waals surface area contributed by atoms with E-state index in [0.29, 0.717) is 13.1 Å². The minimum Gasteiger partial charge on any atom is -0.497 e. The quantitative estimate of drug-likeness (QED) is 0.188. The third kappa shape index (κ3) is 6.28. The molecule has 0 radical (unpaired) electrons. The van der Waals surface area contributed by atoms with E-state index >= 15 is 0 Å². The van der Waals surface area contributed by atoms with Crippen LogP contribution in [0.5, 0.6) is 11.5 Å². The van der Waals surface area contributed by atoms with Crippen molar-refractivity contribution < 1.29 is 9.47 Å². The highest BCUT2D eigenvalue weighted by Gasteiger charge is 2.19. The molecule has 1 aliphatic rings. The van der Waals surface area contributed by atoms with Crippen molar-refractivity contribution in [2.45, 2.75) is 13.1 Å². The molecule has 0 amide bonds. The van der Waals surface area contributed by atoms with Crippen molar-refractivity contribution in [3.05, 3.63) is 109 Å². The minimum absolute atomic E-state index is 0.669. The predicted octanol–water partition coefficient (Wildman–Crippen LogP) is 6.14. The molecule has 0 spiro atoms. The Morgan fingerprint density at radius 3 is 1.35 bits per heavy atom. The smallest absolute Gasteiger partial charge is 0.137 e. The van der Waals surface area contributed by atoms with Crippen LogP contribution in [0.25, 0.3) is 21.8 Å². The number of nitrogens with zero attached hydrogens (tertiary/aromatic N) is 6. The maximum atomic E-state index is 5.27. The van der Waals surface area contributed by atoms with Gasteiger partial charge in [0.1, 0.15) is 35.8 Å². The molecule has 0 unspecified atom stereocenters. The van der Waals surface area contributed by atoms with Crippen molar-refractivity contribution in [3.63, 3.8) is 0 Å². The van der Waals surface area contributed by atoms with Crippen molar-refractivity contribution in [2.75, 3.05) is 60.8 Å². The van der Waals surface area contributed by atoms with Gasteiger partial charge in [0.25, 0.3) is 0 Å². The van der Waals surface area contributed by atoms with Gasteiger partial charge in [0.15, 0.2) is 0 Å².